The van der Waals surface area contributed by atoms with E-state index in [2.05, 4.69) is 0 Å². The third-order valence-electron chi connectivity index (χ3n) is 7.22. The summed E-state index contributed by atoms with van der Waals surface area (Å²) in [5.74, 6) is 0.522. The maximum Gasteiger partial charge on any atom is 0.262 e. The predicted molar refractivity (Wildman–Crippen MR) is 164 cm³/mol. The molecule has 4 aromatic rings. The molecule has 0 aliphatic carbocycles. The highest BCUT2D eigenvalue weighted by atomic mass is 16.5. The quantitative estimate of drug-likeness (QED) is 0.158. The van der Waals surface area contributed by atoms with Gasteiger partial charge in [-0.05, 0) is 59.2 Å². The minimum Gasteiger partial charge on any atom is -0.497 e. The molecule has 0 N–H and O–H groups in total. The minimum atomic E-state index is -0.608. The SMILES string of the molecule is COc1cccc(C2=C(c3ccc(OC)c(OC)c3)C(=O)N(CC(=O)c3ccc(OCc4ccccc4)c(OC)c3)C2=O)c1. The summed E-state index contributed by atoms with van der Waals surface area (Å²) in [7, 11) is 5.98. The lowest BCUT2D eigenvalue weighted by molar-refractivity contribution is -0.135. The Morgan fingerprint density at radius 3 is 1.91 bits per heavy atom. The fourth-order valence-corrected chi connectivity index (χ4v) is 4.96. The maximum absolute atomic E-state index is 13.9. The molecule has 5 rings (SSSR count). The molecule has 0 spiro atoms. The smallest absolute Gasteiger partial charge is 0.262 e. The molecule has 0 aromatic heterocycles. The zero-order chi connectivity index (χ0) is 31.2. The second-order valence-electron chi connectivity index (χ2n) is 9.81. The molecule has 9 nitrogen and oxygen atoms in total. The summed E-state index contributed by atoms with van der Waals surface area (Å²) < 4.78 is 27.5. The van der Waals surface area contributed by atoms with E-state index in [1.54, 1.807) is 60.7 Å². The van der Waals surface area contributed by atoms with Crippen LogP contribution in [-0.4, -0.2) is 57.5 Å². The van der Waals surface area contributed by atoms with Crippen molar-refractivity contribution in [2.75, 3.05) is 35.0 Å². The Morgan fingerprint density at radius 2 is 1.25 bits per heavy atom. The maximum atomic E-state index is 13.9. The van der Waals surface area contributed by atoms with E-state index < -0.39 is 24.1 Å². The number of imide groups is 1. The van der Waals surface area contributed by atoms with Gasteiger partial charge in [0.05, 0.1) is 46.1 Å². The first-order valence-corrected chi connectivity index (χ1v) is 13.7. The molecule has 1 heterocycles. The lowest BCUT2D eigenvalue weighted by Gasteiger charge is -2.16. The van der Waals surface area contributed by atoms with Gasteiger partial charge in [0.25, 0.3) is 11.8 Å². The molecule has 0 fully saturated rings. The lowest BCUT2D eigenvalue weighted by atomic mass is 9.96. The van der Waals surface area contributed by atoms with Crippen molar-refractivity contribution in [2.24, 2.45) is 0 Å². The average Bonchev–Trinajstić information content (AvgIpc) is 3.32. The summed E-state index contributed by atoms with van der Waals surface area (Å²) in [5.41, 5.74) is 2.44. The average molecular weight is 594 g/mol. The topological polar surface area (TPSA) is 101 Å². The number of rotatable bonds is 12. The Kier molecular flexibility index (Phi) is 8.95. The third-order valence-corrected chi connectivity index (χ3v) is 7.22. The van der Waals surface area contributed by atoms with Gasteiger partial charge in [0.1, 0.15) is 12.4 Å². The Hall–Kier alpha value is -5.57. The van der Waals surface area contributed by atoms with Crippen molar-refractivity contribution in [3.63, 3.8) is 0 Å². The molecule has 1 aliphatic heterocycles. The van der Waals surface area contributed by atoms with Gasteiger partial charge in [-0.2, -0.15) is 0 Å². The van der Waals surface area contributed by atoms with Crippen LogP contribution in [0.5, 0.6) is 28.7 Å². The van der Waals surface area contributed by atoms with Crippen LogP contribution in [0.15, 0.2) is 91.0 Å². The van der Waals surface area contributed by atoms with Gasteiger partial charge in [-0.25, -0.2) is 0 Å². The Morgan fingerprint density at radius 1 is 0.614 bits per heavy atom. The molecule has 1 aliphatic rings. The highest BCUT2D eigenvalue weighted by Gasteiger charge is 2.41. The monoisotopic (exact) mass is 593 g/mol. The minimum absolute atomic E-state index is 0.138. The summed E-state index contributed by atoms with van der Waals surface area (Å²) in [6, 6.07) is 26.2. The predicted octanol–water partition coefficient (Wildman–Crippen LogP) is 5.46. The molecule has 9 heteroatoms. The molecule has 0 atom stereocenters. The van der Waals surface area contributed by atoms with Gasteiger partial charge in [-0.15, -0.1) is 0 Å². The summed E-state index contributed by atoms with van der Waals surface area (Å²) in [4.78, 5) is 42.3. The molecule has 0 radical (unpaired) electrons. The fourth-order valence-electron chi connectivity index (χ4n) is 4.96. The van der Waals surface area contributed by atoms with Crippen molar-refractivity contribution in [1.29, 1.82) is 0 Å². The number of carbonyl (C=O) groups is 3. The Labute approximate surface area is 255 Å². The van der Waals surface area contributed by atoms with Crippen LogP contribution in [0.2, 0.25) is 0 Å². The second kappa shape index (κ2) is 13.2. The van der Waals surface area contributed by atoms with Crippen LogP contribution in [-0.2, 0) is 16.2 Å². The number of amides is 2. The number of nitrogens with zero attached hydrogens (tertiary/aromatic N) is 1. The van der Waals surface area contributed by atoms with Crippen LogP contribution in [0.3, 0.4) is 0 Å². The molecule has 2 amide bonds. The van der Waals surface area contributed by atoms with E-state index in [4.69, 9.17) is 23.7 Å². The molecule has 224 valence electrons. The summed E-state index contributed by atoms with van der Waals surface area (Å²) in [6.07, 6.45) is 0. The first-order valence-electron chi connectivity index (χ1n) is 13.7. The van der Waals surface area contributed by atoms with Crippen LogP contribution >= 0.6 is 0 Å². The van der Waals surface area contributed by atoms with Crippen molar-refractivity contribution in [3.05, 3.63) is 113 Å². The van der Waals surface area contributed by atoms with Crippen LogP contribution < -0.4 is 23.7 Å². The van der Waals surface area contributed by atoms with Gasteiger partial charge in [-0.3, -0.25) is 19.3 Å². The van der Waals surface area contributed by atoms with E-state index in [1.807, 2.05) is 30.3 Å². The highest BCUT2D eigenvalue weighted by Crippen LogP contribution is 2.40. The third kappa shape index (κ3) is 5.98. The Bertz CT molecular complexity index is 1750. The van der Waals surface area contributed by atoms with Crippen LogP contribution in [0.25, 0.3) is 11.1 Å². The van der Waals surface area contributed by atoms with Gasteiger partial charge in [0, 0.05) is 5.56 Å². The molecule has 0 unspecified atom stereocenters. The van der Waals surface area contributed by atoms with Gasteiger partial charge >= 0.3 is 0 Å². The largest absolute Gasteiger partial charge is 0.497 e. The van der Waals surface area contributed by atoms with Gasteiger partial charge in [0.15, 0.2) is 28.8 Å². The highest BCUT2D eigenvalue weighted by molar-refractivity contribution is 6.49. The van der Waals surface area contributed by atoms with E-state index in [1.165, 1.54) is 28.4 Å². The Balaban J connectivity index is 1.45. The molecule has 0 bridgehead atoms. The molecule has 0 saturated carbocycles. The number of hydrogen-bond acceptors (Lipinski definition) is 8. The first kappa shape index (κ1) is 29.9. The molecular formula is C35H31NO8. The van der Waals surface area contributed by atoms with Crippen molar-refractivity contribution in [3.8, 4) is 28.7 Å². The number of Topliss-reactive ketones (excluding diaryl/α,β-unsaturated/α-hetero) is 1. The summed E-state index contributed by atoms with van der Waals surface area (Å²) in [5, 5.41) is 0. The number of ether oxygens (including phenoxy) is 5. The van der Waals surface area contributed by atoms with Crippen molar-refractivity contribution >= 4 is 28.7 Å². The van der Waals surface area contributed by atoms with E-state index in [9.17, 15) is 14.4 Å². The number of methoxy groups -OCH3 is 4. The first-order chi connectivity index (χ1) is 21.4. The van der Waals surface area contributed by atoms with E-state index in [-0.39, 0.29) is 16.7 Å². The van der Waals surface area contributed by atoms with Crippen molar-refractivity contribution in [1.82, 2.24) is 4.90 Å². The number of ketones is 1. The zero-order valence-corrected chi connectivity index (χ0v) is 24.8. The van der Waals surface area contributed by atoms with E-state index >= 15 is 0 Å². The van der Waals surface area contributed by atoms with E-state index in [0.717, 1.165) is 10.5 Å². The number of benzene rings is 4. The van der Waals surface area contributed by atoms with Gasteiger partial charge < -0.3 is 23.7 Å². The molecule has 44 heavy (non-hydrogen) atoms. The molecular weight excluding hydrogens is 562 g/mol. The number of hydrogen-bond donors (Lipinski definition) is 0. The molecule has 0 saturated heterocycles. The number of carbonyl (C=O) groups excluding carboxylic acids is 3. The summed E-state index contributed by atoms with van der Waals surface area (Å²) in [6.45, 7) is -0.159. The van der Waals surface area contributed by atoms with Gasteiger partial charge in [0.2, 0.25) is 0 Å². The van der Waals surface area contributed by atoms with Crippen molar-refractivity contribution in [2.45, 2.75) is 6.61 Å². The summed E-state index contributed by atoms with van der Waals surface area (Å²) >= 11 is 0. The fraction of sp³-hybridized carbons (Fsp3) is 0.171. The van der Waals surface area contributed by atoms with Crippen LogP contribution in [0.4, 0.5) is 0 Å². The standard InChI is InChI=1S/C35H31NO8/c1-40-26-12-8-11-24(17-26)32-33(25-14-15-28(41-2)30(19-25)42-3)35(39)36(34(32)38)20-27(37)23-13-16-29(31(18-23)43-4)44-21-22-9-6-5-7-10-22/h5-19H,20-21H2,1-4H3. The zero-order valence-electron chi connectivity index (χ0n) is 24.8. The van der Waals surface area contributed by atoms with Crippen LogP contribution in [0.1, 0.15) is 27.0 Å². The van der Waals surface area contributed by atoms with Crippen LogP contribution in [0, 0.1) is 0 Å². The van der Waals surface area contributed by atoms with Gasteiger partial charge in [-0.1, -0.05) is 48.5 Å². The lowest BCUT2D eigenvalue weighted by Crippen LogP contribution is -2.36. The van der Waals surface area contributed by atoms with Crippen molar-refractivity contribution < 1.29 is 38.1 Å². The van der Waals surface area contributed by atoms with E-state index in [0.29, 0.717) is 46.5 Å². The second-order valence-corrected chi connectivity index (χ2v) is 9.81. The molecule has 4 aromatic carbocycles. The normalized spacial score (nSPS) is 12.8.